The van der Waals surface area contributed by atoms with Gasteiger partial charge in [-0.2, -0.15) is 0 Å². The predicted molar refractivity (Wildman–Crippen MR) is 72.8 cm³/mol. The molecular formula is C12H11N3O4S. The molecule has 0 spiro atoms. The van der Waals surface area contributed by atoms with Crippen molar-refractivity contribution in [3.63, 3.8) is 0 Å². The molecule has 0 saturated carbocycles. The molecule has 2 aromatic rings. The van der Waals surface area contributed by atoms with Gasteiger partial charge in [0.05, 0.1) is 22.7 Å². The molecule has 1 heterocycles. The van der Waals surface area contributed by atoms with Crippen LogP contribution in [-0.2, 0) is 6.54 Å². The van der Waals surface area contributed by atoms with E-state index in [2.05, 4.69) is 10.3 Å². The van der Waals surface area contributed by atoms with Crippen molar-refractivity contribution >= 4 is 22.9 Å². The van der Waals surface area contributed by atoms with Gasteiger partial charge in [0.2, 0.25) is 0 Å². The molecule has 0 radical (unpaired) electrons. The van der Waals surface area contributed by atoms with Gasteiger partial charge in [-0.05, 0) is 19.1 Å². The number of hydrogen-bond donors (Lipinski definition) is 2. The highest BCUT2D eigenvalue weighted by molar-refractivity contribution is 7.09. The number of rotatable bonds is 4. The van der Waals surface area contributed by atoms with E-state index in [1.54, 1.807) is 5.51 Å². The van der Waals surface area contributed by atoms with Crippen molar-refractivity contribution in [1.82, 2.24) is 10.3 Å². The molecule has 0 aliphatic heterocycles. The SMILES string of the molecule is Cc1ncsc1CNC(=O)c1cc(O)ccc1[N+](=O)[O-]. The molecule has 0 atom stereocenters. The summed E-state index contributed by atoms with van der Waals surface area (Å²) in [5, 5.41) is 22.8. The molecule has 0 bridgehead atoms. The third-order valence-electron chi connectivity index (χ3n) is 2.68. The van der Waals surface area contributed by atoms with Crippen LogP contribution in [0.5, 0.6) is 5.75 Å². The fourth-order valence-corrected chi connectivity index (χ4v) is 2.33. The van der Waals surface area contributed by atoms with Crippen molar-refractivity contribution in [3.05, 3.63) is 50.0 Å². The zero-order valence-corrected chi connectivity index (χ0v) is 11.3. The summed E-state index contributed by atoms with van der Waals surface area (Å²) in [5.41, 5.74) is 1.95. The van der Waals surface area contributed by atoms with Crippen molar-refractivity contribution in [2.45, 2.75) is 13.5 Å². The molecule has 104 valence electrons. The highest BCUT2D eigenvalue weighted by Crippen LogP contribution is 2.23. The number of phenolic OH excluding ortho intramolecular Hbond substituents is 1. The zero-order valence-electron chi connectivity index (χ0n) is 10.5. The number of nitrogens with one attached hydrogen (secondary N) is 1. The summed E-state index contributed by atoms with van der Waals surface area (Å²) >= 11 is 1.39. The van der Waals surface area contributed by atoms with Crippen LogP contribution in [0, 0.1) is 17.0 Å². The van der Waals surface area contributed by atoms with Gasteiger partial charge in [0.1, 0.15) is 11.3 Å². The fraction of sp³-hybridized carbons (Fsp3) is 0.167. The summed E-state index contributed by atoms with van der Waals surface area (Å²) in [6, 6.07) is 3.34. The number of nitro groups is 1. The van der Waals surface area contributed by atoms with Gasteiger partial charge in [-0.3, -0.25) is 14.9 Å². The van der Waals surface area contributed by atoms with Gasteiger partial charge in [0, 0.05) is 10.9 Å². The van der Waals surface area contributed by atoms with Gasteiger partial charge in [0.15, 0.2) is 0 Å². The second-order valence-electron chi connectivity index (χ2n) is 4.00. The first-order chi connectivity index (χ1) is 9.49. The van der Waals surface area contributed by atoms with E-state index in [4.69, 9.17) is 0 Å². The van der Waals surface area contributed by atoms with Crippen LogP contribution in [0.3, 0.4) is 0 Å². The maximum atomic E-state index is 12.0. The minimum absolute atomic E-state index is 0.169. The molecule has 20 heavy (non-hydrogen) atoms. The van der Waals surface area contributed by atoms with Crippen LogP contribution >= 0.6 is 11.3 Å². The van der Waals surface area contributed by atoms with E-state index < -0.39 is 10.8 Å². The molecule has 0 saturated heterocycles. The van der Waals surface area contributed by atoms with Gasteiger partial charge in [-0.15, -0.1) is 11.3 Å². The molecule has 0 aliphatic carbocycles. The molecule has 1 aromatic carbocycles. The van der Waals surface area contributed by atoms with Gasteiger partial charge >= 0.3 is 0 Å². The Hall–Kier alpha value is -2.48. The minimum atomic E-state index is -0.660. The number of nitrogens with zero attached hydrogens (tertiary/aromatic N) is 2. The summed E-state index contributed by atoms with van der Waals surface area (Å²) in [5.74, 6) is -0.810. The van der Waals surface area contributed by atoms with Gasteiger partial charge in [0.25, 0.3) is 11.6 Å². The van der Waals surface area contributed by atoms with E-state index in [-0.39, 0.29) is 23.5 Å². The van der Waals surface area contributed by atoms with Crippen molar-refractivity contribution in [2.24, 2.45) is 0 Å². The van der Waals surface area contributed by atoms with Crippen molar-refractivity contribution < 1.29 is 14.8 Å². The number of aryl methyl sites for hydroxylation is 1. The number of aromatic hydroxyl groups is 1. The van der Waals surface area contributed by atoms with E-state index in [1.165, 1.54) is 17.4 Å². The fourth-order valence-electron chi connectivity index (χ4n) is 1.62. The normalized spacial score (nSPS) is 10.2. The summed E-state index contributed by atoms with van der Waals surface area (Å²) in [7, 11) is 0. The Morgan fingerprint density at radius 3 is 2.90 bits per heavy atom. The molecule has 0 fully saturated rings. The maximum absolute atomic E-state index is 12.0. The Morgan fingerprint density at radius 1 is 1.55 bits per heavy atom. The minimum Gasteiger partial charge on any atom is -0.508 e. The first-order valence-electron chi connectivity index (χ1n) is 5.63. The van der Waals surface area contributed by atoms with E-state index >= 15 is 0 Å². The lowest BCUT2D eigenvalue weighted by atomic mass is 10.1. The first kappa shape index (κ1) is 13.9. The summed E-state index contributed by atoms with van der Waals surface area (Å²) in [6.07, 6.45) is 0. The van der Waals surface area contributed by atoms with Crippen molar-refractivity contribution in [2.75, 3.05) is 0 Å². The Kier molecular flexibility index (Phi) is 3.94. The number of carbonyl (C=O) groups excluding carboxylic acids is 1. The molecule has 0 unspecified atom stereocenters. The largest absolute Gasteiger partial charge is 0.508 e. The number of nitro benzene ring substituents is 1. The van der Waals surface area contributed by atoms with Gasteiger partial charge in [-0.25, -0.2) is 4.98 Å². The number of thiazole rings is 1. The van der Waals surface area contributed by atoms with Crippen LogP contribution in [-0.4, -0.2) is 20.9 Å². The Balaban J connectivity index is 2.19. The zero-order chi connectivity index (χ0) is 14.7. The van der Waals surface area contributed by atoms with Crippen molar-refractivity contribution in [1.29, 1.82) is 0 Å². The average molecular weight is 293 g/mol. The highest BCUT2D eigenvalue weighted by Gasteiger charge is 2.20. The standard InChI is InChI=1S/C12H11N3O4S/c1-7-11(20-6-14-7)5-13-12(17)9-4-8(16)2-3-10(9)15(18)19/h2-4,6,16H,5H2,1H3,(H,13,17). The maximum Gasteiger partial charge on any atom is 0.282 e. The van der Waals surface area contributed by atoms with Gasteiger partial charge < -0.3 is 10.4 Å². The molecule has 7 nitrogen and oxygen atoms in total. The number of benzene rings is 1. The molecule has 8 heteroatoms. The number of hydrogen-bond acceptors (Lipinski definition) is 6. The lowest BCUT2D eigenvalue weighted by Gasteiger charge is -2.05. The van der Waals surface area contributed by atoms with E-state index in [9.17, 15) is 20.0 Å². The molecule has 0 aliphatic rings. The summed E-state index contributed by atoms with van der Waals surface area (Å²) < 4.78 is 0. The lowest BCUT2D eigenvalue weighted by molar-refractivity contribution is -0.385. The lowest BCUT2D eigenvalue weighted by Crippen LogP contribution is -2.23. The molecule has 2 N–H and O–H groups in total. The smallest absolute Gasteiger partial charge is 0.282 e. The van der Waals surface area contributed by atoms with E-state index in [0.29, 0.717) is 0 Å². The number of amides is 1. The number of carbonyl (C=O) groups is 1. The predicted octanol–water partition coefficient (Wildman–Crippen LogP) is 2.00. The summed E-state index contributed by atoms with van der Waals surface area (Å²) in [6.45, 7) is 2.05. The van der Waals surface area contributed by atoms with Crippen LogP contribution in [0.25, 0.3) is 0 Å². The number of phenols is 1. The van der Waals surface area contributed by atoms with Crippen LogP contribution in [0.15, 0.2) is 23.7 Å². The Bertz CT molecular complexity index is 668. The van der Waals surface area contributed by atoms with Crippen LogP contribution in [0.4, 0.5) is 5.69 Å². The summed E-state index contributed by atoms with van der Waals surface area (Å²) in [4.78, 5) is 27.1. The van der Waals surface area contributed by atoms with Crippen molar-refractivity contribution in [3.8, 4) is 5.75 Å². The molecule has 1 aromatic heterocycles. The third-order valence-corrected chi connectivity index (χ3v) is 3.61. The monoisotopic (exact) mass is 293 g/mol. The Labute approximate surface area is 118 Å². The van der Waals surface area contributed by atoms with Crippen LogP contribution < -0.4 is 5.32 Å². The topological polar surface area (TPSA) is 105 Å². The van der Waals surface area contributed by atoms with Crippen LogP contribution in [0.2, 0.25) is 0 Å². The second-order valence-corrected chi connectivity index (χ2v) is 4.94. The molecule has 1 amide bonds. The third kappa shape index (κ3) is 2.91. The first-order valence-corrected chi connectivity index (χ1v) is 6.51. The Morgan fingerprint density at radius 2 is 2.30 bits per heavy atom. The average Bonchev–Trinajstić information content (AvgIpc) is 2.81. The van der Waals surface area contributed by atoms with E-state index in [0.717, 1.165) is 22.7 Å². The molecular weight excluding hydrogens is 282 g/mol. The van der Waals surface area contributed by atoms with E-state index in [1.807, 2.05) is 6.92 Å². The molecule has 2 rings (SSSR count). The highest BCUT2D eigenvalue weighted by atomic mass is 32.1. The quantitative estimate of drug-likeness (QED) is 0.662. The number of aromatic nitrogens is 1. The second kappa shape index (κ2) is 5.66. The van der Waals surface area contributed by atoms with Gasteiger partial charge in [-0.1, -0.05) is 0 Å². The van der Waals surface area contributed by atoms with Crippen LogP contribution in [0.1, 0.15) is 20.9 Å².